The number of amides is 2. The van der Waals surface area contributed by atoms with Crippen LogP contribution in [-0.2, 0) is 6.54 Å². The van der Waals surface area contributed by atoms with Crippen LogP contribution in [0.2, 0.25) is 0 Å². The number of hydrogen-bond acceptors (Lipinski definition) is 4. The fraction of sp³-hybridized carbons (Fsp3) is 0.350. The van der Waals surface area contributed by atoms with Crippen LogP contribution in [0.3, 0.4) is 0 Å². The van der Waals surface area contributed by atoms with E-state index < -0.39 is 0 Å². The second kappa shape index (κ2) is 9.12. The number of nitrogens with one attached hydrogen (secondary N) is 1. The van der Waals surface area contributed by atoms with E-state index in [1.54, 1.807) is 24.1 Å². The lowest BCUT2D eigenvalue weighted by Gasteiger charge is -2.27. The lowest BCUT2D eigenvalue weighted by Crippen LogP contribution is -2.42. The van der Waals surface area contributed by atoms with Gasteiger partial charge in [-0.05, 0) is 36.8 Å². The number of rotatable bonds is 5. The van der Waals surface area contributed by atoms with Crippen LogP contribution in [0.15, 0.2) is 42.5 Å². The first kappa shape index (κ1) is 18.8. The topological polar surface area (TPSA) is 60.0 Å². The molecule has 3 rings (SSSR count). The van der Waals surface area contributed by atoms with Crippen molar-refractivity contribution >= 4 is 6.03 Å². The van der Waals surface area contributed by atoms with E-state index in [1.165, 1.54) is 12.1 Å². The second-order valence-corrected chi connectivity index (χ2v) is 6.11. The van der Waals surface area contributed by atoms with E-state index in [9.17, 15) is 9.18 Å². The number of hydrogen-bond donors (Lipinski definition) is 1. The van der Waals surface area contributed by atoms with E-state index in [0.29, 0.717) is 50.1 Å². The Morgan fingerprint density at radius 1 is 1.26 bits per heavy atom. The Labute approximate surface area is 157 Å². The van der Waals surface area contributed by atoms with E-state index in [0.717, 1.165) is 12.0 Å². The first-order chi connectivity index (χ1) is 13.2. The molecule has 6 nitrogen and oxygen atoms in total. The fourth-order valence-corrected chi connectivity index (χ4v) is 2.87. The summed E-state index contributed by atoms with van der Waals surface area (Å²) >= 11 is 0. The largest absolute Gasteiger partial charge is 0.493 e. The molecule has 0 fully saturated rings. The molecular weight excluding hydrogens is 351 g/mol. The molecule has 0 saturated heterocycles. The van der Waals surface area contributed by atoms with Gasteiger partial charge in [0, 0.05) is 12.1 Å². The standard InChI is InChI=1S/C20H23FN2O4/c1-25-18-5-2-4-15-14-23(11-3-12-27-19(15)18)20(24)22-10-13-26-17-8-6-16(21)7-9-17/h2,4-9H,3,10-14H2,1H3,(H,22,24). The Bertz CT molecular complexity index is 767. The Hall–Kier alpha value is -2.96. The Kier molecular flexibility index (Phi) is 6.35. The molecule has 0 atom stereocenters. The van der Waals surface area contributed by atoms with Crippen molar-refractivity contribution in [2.24, 2.45) is 0 Å². The van der Waals surface area contributed by atoms with Gasteiger partial charge in [0.2, 0.25) is 0 Å². The summed E-state index contributed by atoms with van der Waals surface area (Å²) in [4.78, 5) is 14.3. The SMILES string of the molecule is COc1cccc2c1OCCCN(C(=O)NCCOc1ccc(F)cc1)C2. The molecule has 2 aromatic carbocycles. The molecule has 144 valence electrons. The van der Waals surface area contributed by atoms with Crippen molar-refractivity contribution < 1.29 is 23.4 Å². The molecule has 0 aliphatic carbocycles. The highest BCUT2D eigenvalue weighted by molar-refractivity contribution is 5.74. The van der Waals surface area contributed by atoms with E-state index in [2.05, 4.69) is 5.32 Å². The monoisotopic (exact) mass is 374 g/mol. The first-order valence-corrected chi connectivity index (χ1v) is 8.87. The van der Waals surface area contributed by atoms with Crippen molar-refractivity contribution in [3.05, 3.63) is 53.8 Å². The summed E-state index contributed by atoms with van der Waals surface area (Å²) in [5, 5.41) is 2.86. The molecule has 0 aromatic heterocycles. The molecule has 1 heterocycles. The number of urea groups is 1. The van der Waals surface area contributed by atoms with Gasteiger partial charge in [0.05, 0.1) is 26.8 Å². The van der Waals surface area contributed by atoms with Crippen LogP contribution in [0, 0.1) is 5.82 Å². The van der Waals surface area contributed by atoms with E-state index in [1.807, 2.05) is 18.2 Å². The van der Waals surface area contributed by atoms with Crippen molar-refractivity contribution in [3.8, 4) is 17.2 Å². The number of fused-ring (bicyclic) bond motifs is 1. The Morgan fingerprint density at radius 3 is 2.85 bits per heavy atom. The van der Waals surface area contributed by atoms with Crippen molar-refractivity contribution in [2.75, 3.05) is 33.4 Å². The van der Waals surface area contributed by atoms with Gasteiger partial charge in [-0.15, -0.1) is 0 Å². The summed E-state index contributed by atoms with van der Waals surface area (Å²) in [6.45, 7) is 2.22. The number of para-hydroxylation sites is 1. The Balaban J connectivity index is 1.53. The maximum atomic E-state index is 12.9. The normalized spacial score (nSPS) is 13.6. The van der Waals surface area contributed by atoms with Crippen LogP contribution in [-0.4, -0.2) is 44.3 Å². The quantitative estimate of drug-likeness (QED) is 0.817. The third-order valence-corrected chi connectivity index (χ3v) is 4.21. The number of benzene rings is 2. The highest BCUT2D eigenvalue weighted by Gasteiger charge is 2.20. The second-order valence-electron chi connectivity index (χ2n) is 6.11. The van der Waals surface area contributed by atoms with Crippen LogP contribution in [0.1, 0.15) is 12.0 Å². The van der Waals surface area contributed by atoms with Gasteiger partial charge in [-0.2, -0.15) is 0 Å². The summed E-state index contributed by atoms with van der Waals surface area (Å²) in [6.07, 6.45) is 0.733. The van der Waals surface area contributed by atoms with Gasteiger partial charge >= 0.3 is 6.03 Å². The number of carbonyl (C=O) groups is 1. The summed E-state index contributed by atoms with van der Waals surface area (Å²) in [6, 6.07) is 11.3. The molecule has 0 saturated carbocycles. The van der Waals surface area contributed by atoms with E-state index >= 15 is 0 Å². The first-order valence-electron chi connectivity index (χ1n) is 8.87. The number of carbonyl (C=O) groups excluding carboxylic acids is 1. The van der Waals surface area contributed by atoms with Gasteiger partial charge in [0.1, 0.15) is 18.2 Å². The summed E-state index contributed by atoms with van der Waals surface area (Å²) in [5.74, 6) is 1.61. The van der Waals surface area contributed by atoms with E-state index in [4.69, 9.17) is 14.2 Å². The lowest BCUT2D eigenvalue weighted by molar-refractivity contribution is 0.177. The predicted octanol–water partition coefficient (Wildman–Crippen LogP) is 3.21. The van der Waals surface area contributed by atoms with Crippen molar-refractivity contribution in [1.82, 2.24) is 10.2 Å². The summed E-state index contributed by atoms with van der Waals surface area (Å²) in [5.41, 5.74) is 0.909. The molecule has 1 aliphatic heterocycles. The van der Waals surface area contributed by atoms with Crippen LogP contribution < -0.4 is 19.5 Å². The van der Waals surface area contributed by atoms with Gasteiger partial charge in [-0.25, -0.2) is 9.18 Å². The van der Waals surface area contributed by atoms with Crippen molar-refractivity contribution in [1.29, 1.82) is 0 Å². The minimum absolute atomic E-state index is 0.159. The molecule has 2 amide bonds. The fourth-order valence-electron chi connectivity index (χ4n) is 2.87. The molecule has 1 N–H and O–H groups in total. The van der Waals surface area contributed by atoms with Crippen LogP contribution >= 0.6 is 0 Å². The zero-order valence-electron chi connectivity index (χ0n) is 15.2. The molecule has 1 aliphatic rings. The van der Waals surface area contributed by atoms with Crippen molar-refractivity contribution in [2.45, 2.75) is 13.0 Å². The Morgan fingerprint density at radius 2 is 2.07 bits per heavy atom. The van der Waals surface area contributed by atoms with E-state index in [-0.39, 0.29) is 11.8 Å². The highest BCUT2D eigenvalue weighted by Crippen LogP contribution is 2.33. The number of methoxy groups -OCH3 is 1. The average Bonchev–Trinajstić information content (AvgIpc) is 2.66. The van der Waals surface area contributed by atoms with Crippen molar-refractivity contribution in [3.63, 3.8) is 0 Å². The smallest absolute Gasteiger partial charge is 0.317 e. The third-order valence-electron chi connectivity index (χ3n) is 4.21. The summed E-state index contributed by atoms with van der Waals surface area (Å²) < 4.78 is 29.5. The van der Waals surface area contributed by atoms with Crippen LogP contribution in [0.5, 0.6) is 17.2 Å². The minimum Gasteiger partial charge on any atom is -0.493 e. The molecule has 0 unspecified atom stereocenters. The van der Waals surface area contributed by atoms with Crippen LogP contribution in [0.25, 0.3) is 0 Å². The average molecular weight is 374 g/mol. The van der Waals surface area contributed by atoms with Gasteiger partial charge in [-0.1, -0.05) is 12.1 Å². The van der Waals surface area contributed by atoms with Gasteiger partial charge in [0.15, 0.2) is 11.5 Å². The minimum atomic E-state index is -0.311. The van der Waals surface area contributed by atoms with Gasteiger partial charge in [-0.3, -0.25) is 0 Å². The molecule has 0 spiro atoms. The zero-order valence-corrected chi connectivity index (χ0v) is 15.2. The maximum Gasteiger partial charge on any atom is 0.317 e. The van der Waals surface area contributed by atoms with Gasteiger partial charge < -0.3 is 24.4 Å². The number of halogens is 1. The lowest BCUT2D eigenvalue weighted by atomic mass is 10.1. The third kappa shape index (κ3) is 5.03. The maximum absolute atomic E-state index is 12.9. The van der Waals surface area contributed by atoms with Crippen LogP contribution in [0.4, 0.5) is 9.18 Å². The predicted molar refractivity (Wildman–Crippen MR) is 98.8 cm³/mol. The molecule has 0 bridgehead atoms. The molecule has 27 heavy (non-hydrogen) atoms. The molecule has 0 radical (unpaired) electrons. The summed E-state index contributed by atoms with van der Waals surface area (Å²) in [7, 11) is 1.60. The zero-order chi connectivity index (χ0) is 19.1. The molecular formula is C20H23FN2O4. The van der Waals surface area contributed by atoms with Gasteiger partial charge in [0.25, 0.3) is 0 Å². The molecule has 2 aromatic rings. The number of ether oxygens (including phenoxy) is 3. The number of nitrogens with zero attached hydrogens (tertiary/aromatic N) is 1. The highest BCUT2D eigenvalue weighted by atomic mass is 19.1. The molecule has 7 heteroatoms.